The highest BCUT2D eigenvalue weighted by molar-refractivity contribution is 4.80. The molecule has 2 aliphatic heterocycles. The maximum absolute atomic E-state index is 9.33. The lowest BCUT2D eigenvalue weighted by molar-refractivity contribution is 0.0718. The van der Waals surface area contributed by atoms with E-state index in [1.807, 2.05) is 0 Å². The first-order valence-electron chi connectivity index (χ1n) is 6.46. The van der Waals surface area contributed by atoms with Crippen molar-refractivity contribution in [3.8, 4) is 0 Å². The predicted octanol–water partition coefficient (Wildman–Crippen LogP) is 0.833. The van der Waals surface area contributed by atoms with E-state index >= 15 is 0 Å². The van der Waals surface area contributed by atoms with Crippen molar-refractivity contribution < 1.29 is 5.11 Å². The molecule has 0 radical (unpaired) electrons. The second-order valence-corrected chi connectivity index (χ2v) is 5.04. The standard InChI is InChI=1S/C12H24N2O/c15-10-12-5-1-2-7-14(12)9-11-4-3-6-13-8-11/h11-13,15H,1-10H2. The van der Waals surface area contributed by atoms with Crippen LogP contribution in [-0.2, 0) is 0 Å². The summed E-state index contributed by atoms with van der Waals surface area (Å²) in [5, 5.41) is 12.8. The fourth-order valence-corrected chi connectivity index (χ4v) is 2.92. The van der Waals surface area contributed by atoms with Gasteiger partial charge < -0.3 is 10.4 Å². The van der Waals surface area contributed by atoms with Gasteiger partial charge in [-0.1, -0.05) is 6.42 Å². The summed E-state index contributed by atoms with van der Waals surface area (Å²) in [7, 11) is 0. The molecule has 0 aromatic rings. The number of aliphatic hydroxyl groups excluding tert-OH is 1. The maximum Gasteiger partial charge on any atom is 0.0586 e. The Morgan fingerprint density at radius 2 is 2.13 bits per heavy atom. The normalized spacial score (nSPS) is 34.2. The van der Waals surface area contributed by atoms with Crippen LogP contribution >= 0.6 is 0 Å². The van der Waals surface area contributed by atoms with Crippen LogP contribution in [0.4, 0.5) is 0 Å². The molecule has 2 fully saturated rings. The van der Waals surface area contributed by atoms with Gasteiger partial charge in [0.2, 0.25) is 0 Å². The average Bonchev–Trinajstić information content (AvgIpc) is 2.31. The fraction of sp³-hybridized carbons (Fsp3) is 1.00. The van der Waals surface area contributed by atoms with Gasteiger partial charge >= 0.3 is 0 Å². The number of likely N-dealkylation sites (tertiary alicyclic amines) is 1. The number of hydrogen-bond donors (Lipinski definition) is 2. The lowest BCUT2D eigenvalue weighted by atomic mass is 9.95. The zero-order valence-corrected chi connectivity index (χ0v) is 9.62. The molecule has 0 spiro atoms. The first kappa shape index (κ1) is 11.4. The molecule has 3 heteroatoms. The second-order valence-electron chi connectivity index (χ2n) is 5.04. The van der Waals surface area contributed by atoms with Crippen LogP contribution in [0.5, 0.6) is 0 Å². The van der Waals surface area contributed by atoms with Crippen LogP contribution in [0.1, 0.15) is 32.1 Å². The number of hydrogen-bond acceptors (Lipinski definition) is 3. The van der Waals surface area contributed by atoms with E-state index in [1.165, 1.54) is 58.3 Å². The molecule has 2 atom stereocenters. The van der Waals surface area contributed by atoms with E-state index in [2.05, 4.69) is 10.2 Å². The Morgan fingerprint density at radius 3 is 2.87 bits per heavy atom. The highest BCUT2D eigenvalue weighted by Gasteiger charge is 2.24. The van der Waals surface area contributed by atoms with E-state index in [0.717, 1.165) is 5.92 Å². The summed E-state index contributed by atoms with van der Waals surface area (Å²) in [5.74, 6) is 0.811. The molecule has 0 bridgehead atoms. The van der Waals surface area contributed by atoms with Gasteiger partial charge in [-0.25, -0.2) is 0 Å². The van der Waals surface area contributed by atoms with Crippen LogP contribution < -0.4 is 5.32 Å². The van der Waals surface area contributed by atoms with Crippen LogP contribution in [-0.4, -0.2) is 48.8 Å². The average molecular weight is 212 g/mol. The summed E-state index contributed by atoms with van der Waals surface area (Å²) in [4.78, 5) is 2.52. The number of nitrogens with one attached hydrogen (secondary N) is 1. The van der Waals surface area contributed by atoms with E-state index in [9.17, 15) is 5.11 Å². The molecule has 2 unspecified atom stereocenters. The van der Waals surface area contributed by atoms with E-state index < -0.39 is 0 Å². The quantitative estimate of drug-likeness (QED) is 0.727. The van der Waals surface area contributed by atoms with Crippen molar-refractivity contribution in [1.29, 1.82) is 0 Å². The summed E-state index contributed by atoms with van der Waals surface area (Å²) in [6.07, 6.45) is 6.49. The van der Waals surface area contributed by atoms with Gasteiger partial charge in [-0.15, -0.1) is 0 Å². The summed E-state index contributed by atoms with van der Waals surface area (Å²) in [5.41, 5.74) is 0. The third kappa shape index (κ3) is 3.16. The molecule has 0 aromatic carbocycles. The van der Waals surface area contributed by atoms with Crippen molar-refractivity contribution >= 4 is 0 Å². The number of aliphatic hydroxyl groups is 1. The van der Waals surface area contributed by atoms with Crippen LogP contribution in [0.2, 0.25) is 0 Å². The van der Waals surface area contributed by atoms with Gasteiger partial charge in [-0.2, -0.15) is 0 Å². The zero-order chi connectivity index (χ0) is 10.5. The molecule has 88 valence electrons. The Bertz CT molecular complexity index is 180. The maximum atomic E-state index is 9.33. The third-order valence-electron chi connectivity index (χ3n) is 3.85. The highest BCUT2D eigenvalue weighted by atomic mass is 16.3. The Labute approximate surface area is 92.8 Å². The summed E-state index contributed by atoms with van der Waals surface area (Å²) in [6.45, 7) is 5.11. The minimum atomic E-state index is 0.347. The molecule has 2 heterocycles. The molecule has 0 amide bonds. The number of piperidine rings is 2. The first-order valence-corrected chi connectivity index (χ1v) is 6.46. The second kappa shape index (κ2) is 5.83. The van der Waals surface area contributed by atoms with Crippen LogP contribution in [0.3, 0.4) is 0 Å². The van der Waals surface area contributed by atoms with Gasteiger partial charge in [-0.05, 0) is 51.2 Å². The molecule has 0 saturated carbocycles. The van der Waals surface area contributed by atoms with Crippen molar-refractivity contribution in [2.24, 2.45) is 5.92 Å². The topological polar surface area (TPSA) is 35.5 Å². The molecule has 2 N–H and O–H groups in total. The van der Waals surface area contributed by atoms with Gasteiger partial charge in [0, 0.05) is 12.6 Å². The molecule has 0 aliphatic carbocycles. The van der Waals surface area contributed by atoms with Crippen LogP contribution in [0.25, 0.3) is 0 Å². The Morgan fingerprint density at radius 1 is 1.20 bits per heavy atom. The largest absolute Gasteiger partial charge is 0.395 e. The van der Waals surface area contributed by atoms with Crippen molar-refractivity contribution in [1.82, 2.24) is 10.2 Å². The lowest BCUT2D eigenvalue weighted by Crippen LogP contribution is -2.46. The third-order valence-corrected chi connectivity index (χ3v) is 3.85. The predicted molar refractivity (Wildman–Crippen MR) is 61.9 cm³/mol. The molecular weight excluding hydrogens is 188 g/mol. The Balaban J connectivity index is 1.79. The van der Waals surface area contributed by atoms with Crippen molar-refractivity contribution in [3.63, 3.8) is 0 Å². The molecule has 2 saturated heterocycles. The van der Waals surface area contributed by atoms with E-state index in [1.54, 1.807) is 0 Å². The summed E-state index contributed by atoms with van der Waals surface area (Å²) < 4.78 is 0. The van der Waals surface area contributed by atoms with Gasteiger partial charge in [0.05, 0.1) is 6.61 Å². The van der Waals surface area contributed by atoms with Crippen LogP contribution in [0.15, 0.2) is 0 Å². The van der Waals surface area contributed by atoms with E-state index in [-0.39, 0.29) is 0 Å². The molecule has 0 aromatic heterocycles. The minimum absolute atomic E-state index is 0.347. The van der Waals surface area contributed by atoms with E-state index in [0.29, 0.717) is 12.6 Å². The van der Waals surface area contributed by atoms with Gasteiger partial charge in [0.1, 0.15) is 0 Å². The molecule has 2 aliphatic rings. The van der Waals surface area contributed by atoms with E-state index in [4.69, 9.17) is 0 Å². The van der Waals surface area contributed by atoms with Crippen molar-refractivity contribution in [2.75, 3.05) is 32.8 Å². The van der Waals surface area contributed by atoms with Gasteiger partial charge in [0.25, 0.3) is 0 Å². The van der Waals surface area contributed by atoms with Crippen LogP contribution in [0, 0.1) is 5.92 Å². The highest BCUT2D eigenvalue weighted by Crippen LogP contribution is 2.20. The smallest absolute Gasteiger partial charge is 0.0586 e. The van der Waals surface area contributed by atoms with Crippen molar-refractivity contribution in [3.05, 3.63) is 0 Å². The van der Waals surface area contributed by atoms with Gasteiger partial charge in [-0.3, -0.25) is 4.90 Å². The lowest BCUT2D eigenvalue weighted by Gasteiger charge is -2.38. The molecule has 3 nitrogen and oxygen atoms in total. The fourth-order valence-electron chi connectivity index (χ4n) is 2.92. The Kier molecular flexibility index (Phi) is 4.42. The summed E-state index contributed by atoms with van der Waals surface area (Å²) >= 11 is 0. The Hall–Kier alpha value is -0.120. The minimum Gasteiger partial charge on any atom is -0.395 e. The number of rotatable bonds is 3. The zero-order valence-electron chi connectivity index (χ0n) is 9.62. The first-order chi connectivity index (χ1) is 7.40. The number of nitrogens with zero attached hydrogens (tertiary/aromatic N) is 1. The SMILES string of the molecule is OCC1CCCCN1CC1CCCNC1. The molecule has 2 rings (SSSR count). The summed E-state index contributed by atoms with van der Waals surface area (Å²) in [6, 6.07) is 0.445. The monoisotopic (exact) mass is 212 g/mol. The molecular formula is C12H24N2O. The van der Waals surface area contributed by atoms with Crippen molar-refractivity contribution in [2.45, 2.75) is 38.1 Å². The molecule has 15 heavy (non-hydrogen) atoms. The van der Waals surface area contributed by atoms with Gasteiger partial charge in [0.15, 0.2) is 0 Å².